The van der Waals surface area contributed by atoms with Gasteiger partial charge in [0.15, 0.2) is 0 Å². The number of aliphatic hydroxyl groups excluding tert-OH is 5. The van der Waals surface area contributed by atoms with E-state index in [2.05, 4.69) is 39.9 Å². The van der Waals surface area contributed by atoms with E-state index < -0.39 is 42.7 Å². The van der Waals surface area contributed by atoms with Crippen molar-refractivity contribution in [2.24, 2.45) is 16.7 Å². The molecular formula is C24H45NO6S. The predicted octanol–water partition coefficient (Wildman–Crippen LogP) is 1.93. The van der Waals surface area contributed by atoms with Crippen LogP contribution in [0.25, 0.3) is 0 Å². The van der Waals surface area contributed by atoms with Crippen molar-refractivity contribution in [2.75, 3.05) is 6.61 Å². The van der Waals surface area contributed by atoms with E-state index in [-0.39, 0.29) is 36.2 Å². The highest BCUT2D eigenvalue weighted by Gasteiger charge is 2.36. The van der Waals surface area contributed by atoms with Crippen LogP contribution in [0.4, 0.5) is 0 Å². The summed E-state index contributed by atoms with van der Waals surface area (Å²) in [5.74, 6) is -0.0127. The fourth-order valence-electron chi connectivity index (χ4n) is 3.25. The van der Waals surface area contributed by atoms with Gasteiger partial charge in [0.1, 0.15) is 18.3 Å². The third-order valence-corrected chi connectivity index (χ3v) is 7.21. The lowest BCUT2D eigenvalue weighted by molar-refractivity contribution is -0.110. The van der Waals surface area contributed by atoms with Gasteiger partial charge in [-0.15, -0.1) is 0 Å². The fourth-order valence-corrected chi connectivity index (χ4v) is 3.77. The first-order valence-corrected chi connectivity index (χ1v) is 12.0. The van der Waals surface area contributed by atoms with Crippen LogP contribution in [0, 0.1) is 16.7 Å². The van der Waals surface area contributed by atoms with Crippen molar-refractivity contribution in [3.8, 4) is 0 Å². The molecule has 7 unspecified atom stereocenters. The van der Waals surface area contributed by atoms with Crippen LogP contribution in [0.3, 0.4) is 0 Å². The molecule has 0 amide bonds. The van der Waals surface area contributed by atoms with Crippen LogP contribution in [0.1, 0.15) is 67.7 Å². The average molecular weight is 476 g/mol. The molecule has 6 N–H and O–H groups in total. The van der Waals surface area contributed by atoms with E-state index in [1.165, 1.54) is 0 Å². The lowest BCUT2D eigenvalue weighted by Crippen LogP contribution is -2.50. The molecular weight excluding hydrogens is 430 g/mol. The summed E-state index contributed by atoms with van der Waals surface area (Å²) < 4.78 is 5.85. The second kappa shape index (κ2) is 12.2. The van der Waals surface area contributed by atoms with Crippen LogP contribution >= 0.6 is 12.2 Å². The number of rotatable bonds is 10. The minimum atomic E-state index is -1.33. The first-order valence-electron chi connectivity index (χ1n) is 11.5. The molecule has 0 radical (unpaired) electrons. The maximum Gasteiger partial charge on any atom is 0.112 e. The molecule has 0 bridgehead atoms. The second-order valence-electron chi connectivity index (χ2n) is 11.1. The summed E-state index contributed by atoms with van der Waals surface area (Å²) in [4.78, 5) is 0.587. The predicted molar refractivity (Wildman–Crippen MR) is 130 cm³/mol. The molecule has 0 aromatic rings. The number of aliphatic hydroxyl groups is 5. The number of hydrogen-bond acceptors (Lipinski definition) is 7. The molecule has 1 rings (SSSR count). The van der Waals surface area contributed by atoms with Gasteiger partial charge >= 0.3 is 0 Å². The normalized spacial score (nSPS) is 27.7. The lowest BCUT2D eigenvalue weighted by atomic mass is 9.67. The molecule has 0 aliphatic heterocycles. The zero-order valence-corrected chi connectivity index (χ0v) is 21.5. The number of thiocarbonyl (C=S) groups is 1. The van der Waals surface area contributed by atoms with Crippen molar-refractivity contribution in [3.05, 3.63) is 12.2 Å². The summed E-state index contributed by atoms with van der Waals surface area (Å²) in [6.45, 7) is 14.5. The second-order valence-corrected chi connectivity index (χ2v) is 11.6. The zero-order valence-electron chi connectivity index (χ0n) is 20.7. The van der Waals surface area contributed by atoms with Gasteiger partial charge in [0.25, 0.3) is 0 Å². The van der Waals surface area contributed by atoms with Crippen LogP contribution in [-0.2, 0) is 4.74 Å². The van der Waals surface area contributed by atoms with Gasteiger partial charge in [-0.1, -0.05) is 72.8 Å². The first kappa shape index (κ1) is 29.4. The van der Waals surface area contributed by atoms with E-state index in [9.17, 15) is 25.5 Å². The minimum absolute atomic E-state index is 0.00303. The smallest absolute Gasteiger partial charge is 0.112 e. The monoisotopic (exact) mass is 475 g/mol. The molecule has 32 heavy (non-hydrogen) atoms. The van der Waals surface area contributed by atoms with Gasteiger partial charge in [0.2, 0.25) is 0 Å². The Balaban J connectivity index is 2.92. The summed E-state index contributed by atoms with van der Waals surface area (Å²) in [6.07, 6.45) is -1.92. The Labute approximate surface area is 198 Å². The highest BCUT2D eigenvalue weighted by molar-refractivity contribution is 7.80. The van der Waals surface area contributed by atoms with Crippen molar-refractivity contribution in [1.29, 1.82) is 0 Å². The molecule has 0 fully saturated rings. The molecule has 0 aromatic carbocycles. The molecule has 0 saturated carbocycles. The Bertz CT molecular complexity index is 618. The first-order chi connectivity index (χ1) is 14.6. The van der Waals surface area contributed by atoms with Gasteiger partial charge < -0.3 is 35.6 Å². The Kier molecular flexibility index (Phi) is 11.2. The molecule has 8 heteroatoms. The summed E-state index contributed by atoms with van der Waals surface area (Å²) >= 11 is 5.60. The van der Waals surface area contributed by atoms with Gasteiger partial charge in [-0.05, 0) is 23.2 Å². The highest BCUT2D eigenvalue weighted by atomic mass is 32.1. The maximum absolute atomic E-state index is 10.8. The lowest BCUT2D eigenvalue weighted by Gasteiger charge is -2.40. The van der Waals surface area contributed by atoms with Gasteiger partial charge in [-0.25, -0.2) is 0 Å². The topological polar surface area (TPSA) is 122 Å². The fraction of sp³-hybridized carbons (Fsp3) is 0.875. The maximum atomic E-state index is 10.8. The van der Waals surface area contributed by atoms with Crippen molar-refractivity contribution in [1.82, 2.24) is 5.32 Å². The third-order valence-electron chi connectivity index (χ3n) is 6.95. The molecule has 1 aliphatic rings. The Morgan fingerprint density at radius 2 is 1.66 bits per heavy atom. The van der Waals surface area contributed by atoms with Crippen molar-refractivity contribution in [2.45, 2.75) is 110 Å². The van der Waals surface area contributed by atoms with Crippen LogP contribution in [0.2, 0.25) is 0 Å². The standard InChI is InChI=1S/C24H45NO6S/c1-14(2)17(27)11-18(28)15(25-20(32)12-24(6,7)23(3,4)5)13-31-19-10-8-9-16(26)21(29)22(19)30/h8,10,14-19,21-22,26-30H,9,11-13H2,1-7H3,(H,25,32). The summed E-state index contributed by atoms with van der Waals surface area (Å²) in [7, 11) is 0. The van der Waals surface area contributed by atoms with E-state index >= 15 is 0 Å². The molecule has 188 valence electrons. The number of nitrogens with one attached hydrogen (secondary N) is 1. The largest absolute Gasteiger partial charge is 0.393 e. The average Bonchev–Trinajstić information content (AvgIpc) is 2.77. The highest BCUT2D eigenvalue weighted by Crippen LogP contribution is 2.40. The summed E-state index contributed by atoms with van der Waals surface area (Å²) in [5, 5.41) is 54.6. The van der Waals surface area contributed by atoms with E-state index in [0.717, 1.165) is 0 Å². The molecule has 0 spiro atoms. The SMILES string of the molecule is CC(C)C(O)CC(O)C(COC1C=CCC(O)C(O)C1O)NC(=S)CC(C)(C)C(C)(C)C. The summed E-state index contributed by atoms with van der Waals surface area (Å²) in [6, 6.07) is -0.613. The Morgan fingerprint density at radius 3 is 2.19 bits per heavy atom. The van der Waals surface area contributed by atoms with E-state index in [0.29, 0.717) is 11.4 Å². The molecule has 0 heterocycles. The zero-order chi connectivity index (χ0) is 24.9. The van der Waals surface area contributed by atoms with Crippen LogP contribution in [0.5, 0.6) is 0 Å². The van der Waals surface area contributed by atoms with Gasteiger partial charge in [-0.2, -0.15) is 0 Å². The summed E-state index contributed by atoms with van der Waals surface area (Å²) in [5.41, 5.74) is -0.0746. The van der Waals surface area contributed by atoms with Crippen molar-refractivity contribution < 1.29 is 30.3 Å². The van der Waals surface area contributed by atoms with Crippen LogP contribution in [-0.4, -0.2) is 79.8 Å². The van der Waals surface area contributed by atoms with Gasteiger partial charge in [0, 0.05) is 12.8 Å². The third kappa shape index (κ3) is 8.63. The van der Waals surface area contributed by atoms with Gasteiger partial charge in [0.05, 0.1) is 35.9 Å². The molecule has 1 aliphatic carbocycles. The Morgan fingerprint density at radius 1 is 1.06 bits per heavy atom. The quantitative estimate of drug-likeness (QED) is 0.209. The van der Waals surface area contributed by atoms with Gasteiger partial charge in [-0.3, -0.25) is 0 Å². The van der Waals surface area contributed by atoms with Crippen molar-refractivity contribution in [3.63, 3.8) is 0 Å². The van der Waals surface area contributed by atoms with Crippen LogP contribution in [0.15, 0.2) is 12.2 Å². The molecule has 7 nitrogen and oxygen atoms in total. The molecule has 7 atom stereocenters. The van der Waals surface area contributed by atoms with Crippen LogP contribution < -0.4 is 5.32 Å². The minimum Gasteiger partial charge on any atom is -0.393 e. The molecule has 0 aromatic heterocycles. The van der Waals surface area contributed by atoms with E-state index in [4.69, 9.17) is 17.0 Å². The van der Waals surface area contributed by atoms with E-state index in [1.54, 1.807) is 12.2 Å². The molecule has 0 saturated heterocycles. The van der Waals surface area contributed by atoms with E-state index in [1.807, 2.05) is 13.8 Å². The van der Waals surface area contributed by atoms with Crippen molar-refractivity contribution >= 4 is 17.2 Å². The number of ether oxygens (including phenoxy) is 1. The Hall–Kier alpha value is -0.610. The number of hydrogen-bond donors (Lipinski definition) is 6.